The molecule has 5 heteroatoms. The van der Waals surface area contributed by atoms with Crippen LogP contribution in [0.1, 0.15) is 0 Å². The zero-order chi connectivity index (χ0) is 35.6. The lowest BCUT2D eigenvalue weighted by atomic mass is 9.92. The highest BCUT2D eigenvalue weighted by molar-refractivity contribution is 7.26. The third kappa shape index (κ3) is 4.94. The molecule has 0 saturated carbocycles. The molecule has 0 radical (unpaired) electrons. The van der Waals surface area contributed by atoms with E-state index in [1.807, 2.05) is 72.0 Å². The number of rotatable bonds is 5. The average Bonchev–Trinajstić information content (AvgIpc) is 3.83. The summed E-state index contributed by atoms with van der Waals surface area (Å²) in [5.41, 5.74) is 9.25. The molecule has 0 amide bonds. The molecule has 0 spiro atoms. The van der Waals surface area contributed by atoms with E-state index in [1.54, 1.807) is 0 Å². The fraction of sp³-hybridized carbons (Fsp3) is 0. The smallest absolute Gasteiger partial charge is 0.164 e. The molecule has 0 unspecified atom stereocenters. The quantitative estimate of drug-likeness (QED) is 0.179. The molecule has 11 rings (SSSR count). The first-order valence-electron chi connectivity index (χ1n) is 18.0. The van der Waals surface area contributed by atoms with Gasteiger partial charge in [0.2, 0.25) is 0 Å². The molecular weight excluding hydrogens is 679 g/mol. The molecule has 3 heterocycles. The Morgan fingerprint density at radius 3 is 1.61 bits per heavy atom. The lowest BCUT2D eigenvalue weighted by molar-refractivity contribution is 0.673. The van der Waals surface area contributed by atoms with Crippen LogP contribution >= 0.6 is 11.3 Å². The monoisotopic (exact) mass is 707 g/mol. The summed E-state index contributed by atoms with van der Waals surface area (Å²) < 4.78 is 9.34. The van der Waals surface area contributed by atoms with Crippen LogP contribution < -0.4 is 0 Å². The second-order valence-electron chi connectivity index (χ2n) is 13.5. The van der Waals surface area contributed by atoms with E-state index in [0.29, 0.717) is 17.5 Å². The molecule has 252 valence electrons. The van der Waals surface area contributed by atoms with Gasteiger partial charge in [0.1, 0.15) is 11.2 Å². The molecule has 0 aliphatic carbocycles. The van der Waals surface area contributed by atoms with Crippen LogP contribution in [0.2, 0.25) is 0 Å². The highest BCUT2D eigenvalue weighted by atomic mass is 32.1. The Hall–Kier alpha value is -6.95. The molecule has 3 aromatic heterocycles. The molecule has 0 atom stereocenters. The van der Waals surface area contributed by atoms with Crippen molar-refractivity contribution in [1.82, 2.24) is 15.0 Å². The van der Waals surface area contributed by atoms with Crippen molar-refractivity contribution in [3.05, 3.63) is 176 Å². The molecule has 11 aromatic rings. The summed E-state index contributed by atoms with van der Waals surface area (Å²) in [6.45, 7) is 0. The van der Waals surface area contributed by atoms with E-state index in [-0.39, 0.29) is 0 Å². The number of furan rings is 1. The summed E-state index contributed by atoms with van der Waals surface area (Å²) in [4.78, 5) is 14.8. The normalized spacial score (nSPS) is 11.7. The van der Waals surface area contributed by atoms with E-state index in [2.05, 4.69) is 115 Å². The van der Waals surface area contributed by atoms with Crippen LogP contribution in [0, 0.1) is 0 Å². The maximum atomic E-state index is 6.73. The van der Waals surface area contributed by atoms with Crippen molar-refractivity contribution in [3.8, 4) is 56.4 Å². The Morgan fingerprint density at radius 2 is 0.907 bits per heavy atom. The minimum Gasteiger partial charge on any atom is -0.455 e. The van der Waals surface area contributed by atoms with Gasteiger partial charge in [0.15, 0.2) is 17.5 Å². The number of hydrogen-bond acceptors (Lipinski definition) is 5. The van der Waals surface area contributed by atoms with Crippen molar-refractivity contribution >= 4 is 64.2 Å². The maximum Gasteiger partial charge on any atom is 0.164 e. The SMILES string of the molecule is c1ccc(-c2nc(-c3ccccc3)nc(-c3ccc(-c4cccc5oc6c7ccccc7c(-c7cccc8c7sc7ccccc78)cc6c45)cc3)n2)cc1. The molecular formula is C49H29N3OS. The first-order valence-corrected chi connectivity index (χ1v) is 18.8. The van der Waals surface area contributed by atoms with Crippen LogP contribution in [0.25, 0.3) is 109 Å². The summed E-state index contributed by atoms with van der Waals surface area (Å²) in [6.07, 6.45) is 0. The highest BCUT2D eigenvalue weighted by Crippen LogP contribution is 2.46. The van der Waals surface area contributed by atoms with Gasteiger partial charge in [-0.2, -0.15) is 0 Å². The molecule has 0 aliphatic rings. The topological polar surface area (TPSA) is 51.8 Å². The second-order valence-corrected chi connectivity index (χ2v) is 14.6. The van der Waals surface area contributed by atoms with Crippen LogP contribution in [-0.2, 0) is 0 Å². The van der Waals surface area contributed by atoms with Crippen LogP contribution in [0.5, 0.6) is 0 Å². The van der Waals surface area contributed by atoms with Gasteiger partial charge >= 0.3 is 0 Å². The van der Waals surface area contributed by atoms with Gasteiger partial charge in [-0.15, -0.1) is 11.3 Å². The van der Waals surface area contributed by atoms with Gasteiger partial charge in [0.25, 0.3) is 0 Å². The lowest BCUT2D eigenvalue weighted by Gasteiger charge is -2.11. The summed E-state index contributed by atoms with van der Waals surface area (Å²) in [7, 11) is 0. The fourth-order valence-electron chi connectivity index (χ4n) is 7.81. The largest absolute Gasteiger partial charge is 0.455 e. The predicted molar refractivity (Wildman–Crippen MR) is 225 cm³/mol. The number of nitrogens with zero attached hydrogens (tertiary/aromatic N) is 3. The van der Waals surface area contributed by atoms with Gasteiger partial charge in [-0.3, -0.25) is 0 Å². The number of fused-ring (bicyclic) bond motifs is 8. The molecule has 0 saturated heterocycles. The Bertz CT molecular complexity index is 3140. The van der Waals surface area contributed by atoms with E-state index in [4.69, 9.17) is 19.4 Å². The van der Waals surface area contributed by atoms with Crippen molar-refractivity contribution in [2.24, 2.45) is 0 Å². The Labute approximate surface area is 314 Å². The van der Waals surface area contributed by atoms with E-state index in [1.165, 1.54) is 36.7 Å². The molecule has 54 heavy (non-hydrogen) atoms. The van der Waals surface area contributed by atoms with Crippen molar-refractivity contribution in [3.63, 3.8) is 0 Å². The third-order valence-electron chi connectivity index (χ3n) is 10.4. The third-order valence-corrected chi connectivity index (χ3v) is 11.6. The summed E-state index contributed by atoms with van der Waals surface area (Å²) in [6, 6.07) is 61.4. The lowest BCUT2D eigenvalue weighted by Crippen LogP contribution is -2.00. The molecule has 0 bridgehead atoms. The predicted octanol–water partition coefficient (Wildman–Crippen LogP) is 13.6. The van der Waals surface area contributed by atoms with Gasteiger partial charge in [-0.1, -0.05) is 158 Å². The van der Waals surface area contributed by atoms with Crippen LogP contribution in [-0.4, -0.2) is 15.0 Å². The van der Waals surface area contributed by atoms with E-state index in [0.717, 1.165) is 55.1 Å². The van der Waals surface area contributed by atoms with Gasteiger partial charge in [-0.25, -0.2) is 15.0 Å². The van der Waals surface area contributed by atoms with Crippen molar-refractivity contribution < 1.29 is 4.42 Å². The summed E-state index contributed by atoms with van der Waals surface area (Å²) in [5, 5.41) is 7.09. The summed E-state index contributed by atoms with van der Waals surface area (Å²) in [5.74, 6) is 1.92. The van der Waals surface area contributed by atoms with Crippen molar-refractivity contribution in [1.29, 1.82) is 0 Å². The standard InChI is InChI=1S/C49H29N3OS/c1-3-13-31(14-4-1)47-50-48(32-15-5-2-6-16-32)52-49(51-47)33-27-25-30(26-28-33)34-20-12-23-42-44(34)41-29-40(35-17-7-8-19-37(35)45(41)53-42)39-22-11-21-38-36-18-9-10-24-43(36)54-46(38)39/h1-29H. The molecule has 0 N–H and O–H groups in total. The van der Waals surface area contributed by atoms with Gasteiger partial charge in [0.05, 0.1) is 0 Å². The Balaban J connectivity index is 1.08. The Kier molecular flexibility index (Phi) is 7.00. The number of benzene rings is 8. The zero-order valence-electron chi connectivity index (χ0n) is 28.9. The average molecular weight is 708 g/mol. The number of aromatic nitrogens is 3. The van der Waals surface area contributed by atoms with Gasteiger partial charge in [0, 0.05) is 58.6 Å². The zero-order valence-corrected chi connectivity index (χ0v) is 29.7. The van der Waals surface area contributed by atoms with Crippen LogP contribution in [0.15, 0.2) is 180 Å². The van der Waals surface area contributed by atoms with E-state index >= 15 is 0 Å². The molecule has 8 aromatic carbocycles. The first kappa shape index (κ1) is 30.7. The number of hydrogen-bond donors (Lipinski definition) is 0. The Morgan fingerprint density at radius 1 is 0.370 bits per heavy atom. The fourth-order valence-corrected chi connectivity index (χ4v) is 9.04. The highest BCUT2D eigenvalue weighted by Gasteiger charge is 2.20. The summed E-state index contributed by atoms with van der Waals surface area (Å²) >= 11 is 1.86. The molecule has 0 aliphatic heterocycles. The maximum absolute atomic E-state index is 6.73. The van der Waals surface area contributed by atoms with E-state index in [9.17, 15) is 0 Å². The van der Waals surface area contributed by atoms with Crippen molar-refractivity contribution in [2.75, 3.05) is 0 Å². The van der Waals surface area contributed by atoms with Crippen LogP contribution in [0.4, 0.5) is 0 Å². The van der Waals surface area contributed by atoms with Crippen LogP contribution in [0.3, 0.4) is 0 Å². The number of thiophene rings is 1. The van der Waals surface area contributed by atoms with Crippen molar-refractivity contribution in [2.45, 2.75) is 0 Å². The van der Waals surface area contributed by atoms with Gasteiger partial charge in [-0.05, 0) is 40.3 Å². The molecule has 0 fully saturated rings. The minimum atomic E-state index is 0.632. The van der Waals surface area contributed by atoms with Gasteiger partial charge < -0.3 is 4.42 Å². The minimum absolute atomic E-state index is 0.632. The van der Waals surface area contributed by atoms with E-state index < -0.39 is 0 Å². The first-order chi connectivity index (χ1) is 26.8. The second kappa shape index (κ2) is 12.3. The molecule has 4 nitrogen and oxygen atoms in total.